The van der Waals surface area contributed by atoms with Gasteiger partial charge in [-0.15, -0.1) is 0 Å². The maximum absolute atomic E-state index is 12.1. The summed E-state index contributed by atoms with van der Waals surface area (Å²) in [6, 6.07) is 11.4. The predicted molar refractivity (Wildman–Crippen MR) is 75.1 cm³/mol. The number of phenols is 1. The van der Waals surface area contributed by atoms with Crippen LogP contribution in [0.15, 0.2) is 42.5 Å². The van der Waals surface area contributed by atoms with Gasteiger partial charge in [0.2, 0.25) is 0 Å². The van der Waals surface area contributed by atoms with Crippen molar-refractivity contribution in [3.05, 3.63) is 48.0 Å². The normalized spacial score (nSPS) is 10.5. The summed E-state index contributed by atoms with van der Waals surface area (Å²) >= 11 is 0. The molecule has 0 atom stereocenters. The monoisotopic (exact) mass is 295 g/mol. The quantitative estimate of drug-likeness (QED) is 0.854. The molecule has 2 aromatic rings. The van der Waals surface area contributed by atoms with E-state index in [1.54, 1.807) is 30.3 Å². The van der Waals surface area contributed by atoms with E-state index in [0.29, 0.717) is 23.5 Å². The van der Waals surface area contributed by atoms with Gasteiger partial charge in [0.1, 0.15) is 5.75 Å². The zero-order valence-corrected chi connectivity index (χ0v) is 11.3. The van der Waals surface area contributed by atoms with Gasteiger partial charge in [0.25, 0.3) is 0 Å². The molecule has 0 saturated heterocycles. The third-order valence-electron chi connectivity index (χ3n) is 2.84. The highest BCUT2D eigenvalue weighted by Gasteiger charge is 2.08. The van der Waals surface area contributed by atoms with Gasteiger partial charge in [-0.25, -0.2) is 0 Å². The van der Waals surface area contributed by atoms with Crippen molar-refractivity contribution in [1.29, 1.82) is 0 Å². The van der Waals surface area contributed by atoms with E-state index in [1.807, 2.05) is 0 Å². The number of ether oxygens (including phenoxy) is 2. The Labute approximate surface area is 120 Å². The van der Waals surface area contributed by atoms with Gasteiger partial charge < -0.3 is 19.9 Å². The fraction of sp³-hybridized carbons (Fsp3) is 0.200. The van der Waals surface area contributed by atoms with Gasteiger partial charge in [-0.2, -0.15) is 8.78 Å². The fourth-order valence-corrected chi connectivity index (χ4v) is 1.85. The van der Waals surface area contributed by atoms with Crippen molar-refractivity contribution < 1.29 is 23.4 Å². The molecule has 2 aromatic carbocycles. The molecule has 2 N–H and O–H groups in total. The smallest absolute Gasteiger partial charge is 0.387 e. The molecule has 0 bridgehead atoms. The second-order valence-corrected chi connectivity index (χ2v) is 4.23. The Morgan fingerprint density at radius 1 is 1.19 bits per heavy atom. The number of aromatic hydroxyl groups is 1. The molecule has 0 aliphatic carbocycles. The SMILES string of the molecule is COc1cccc(CNc2cccc(OC(F)F)c2)c1O. The number of hydrogen-bond donors (Lipinski definition) is 2. The summed E-state index contributed by atoms with van der Waals surface area (Å²) in [6.45, 7) is -2.54. The Kier molecular flexibility index (Phi) is 4.81. The van der Waals surface area contributed by atoms with Crippen LogP contribution in [-0.2, 0) is 6.54 Å². The molecular formula is C15H15F2NO3. The van der Waals surface area contributed by atoms with E-state index in [4.69, 9.17) is 4.74 Å². The topological polar surface area (TPSA) is 50.7 Å². The molecule has 0 aliphatic rings. The van der Waals surface area contributed by atoms with E-state index < -0.39 is 6.61 Å². The van der Waals surface area contributed by atoms with Crippen molar-refractivity contribution in [3.63, 3.8) is 0 Å². The van der Waals surface area contributed by atoms with Crippen molar-refractivity contribution in [3.8, 4) is 17.2 Å². The van der Waals surface area contributed by atoms with E-state index in [0.717, 1.165) is 0 Å². The first kappa shape index (κ1) is 14.9. The lowest BCUT2D eigenvalue weighted by Gasteiger charge is -2.11. The Morgan fingerprint density at radius 3 is 2.67 bits per heavy atom. The Hall–Kier alpha value is -2.50. The van der Waals surface area contributed by atoms with E-state index >= 15 is 0 Å². The molecule has 112 valence electrons. The zero-order valence-electron chi connectivity index (χ0n) is 11.3. The number of para-hydroxylation sites is 1. The van der Waals surface area contributed by atoms with Crippen molar-refractivity contribution in [1.82, 2.24) is 0 Å². The summed E-state index contributed by atoms with van der Waals surface area (Å²) < 4.78 is 33.6. The highest BCUT2D eigenvalue weighted by atomic mass is 19.3. The second kappa shape index (κ2) is 6.78. The van der Waals surface area contributed by atoms with Crippen LogP contribution in [0.4, 0.5) is 14.5 Å². The lowest BCUT2D eigenvalue weighted by atomic mass is 10.2. The maximum atomic E-state index is 12.1. The molecule has 0 amide bonds. The first-order valence-electron chi connectivity index (χ1n) is 6.23. The summed E-state index contributed by atoms with van der Waals surface area (Å²) in [4.78, 5) is 0. The first-order valence-corrected chi connectivity index (χ1v) is 6.23. The number of anilines is 1. The number of benzene rings is 2. The van der Waals surface area contributed by atoms with Crippen LogP contribution in [0.2, 0.25) is 0 Å². The van der Waals surface area contributed by atoms with Gasteiger partial charge in [-0.3, -0.25) is 0 Å². The minimum Gasteiger partial charge on any atom is -0.504 e. The average Bonchev–Trinajstić information content (AvgIpc) is 2.46. The molecular weight excluding hydrogens is 280 g/mol. The number of alkyl halides is 2. The third-order valence-corrected chi connectivity index (χ3v) is 2.84. The van der Waals surface area contributed by atoms with E-state index in [2.05, 4.69) is 10.1 Å². The molecule has 4 nitrogen and oxygen atoms in total. The molecule has 0 aliphatic heterocycles. The van der Waals surface area contributed by atoms with Gasteiger partial charge in [0.15, 0.2) is 11.5 Å². The highest BCUT2D eigenvalue weighted by Crippen LogP contribution is 2.30. The van der Waals surface area contributed by atoms with Gasteiger partial charge in [0, 0.05) is 23.9 Å². The number of methoxy groups -OCH3 is 1. The van der Waals surface area contributed by atoms with Crippen LogP contribution in [0.5, 0.6) is 17.2 Å². The van der Waals surface area contributed by atoms with Crippen molar-refractivity contribution >= 4 is 5.69 Å². The van der Waals surface area contributed by atoms with E-state index in [9.17, 15) is 13.9 Å². The van der Waals surface area contributed by atoms with Crippen LogP contribution < -0.4 is 14.8 Å². The first-order chi connectivity index (χ1) is 10.1. The van der Waals surface area contributed by atoms with Crippen LogP contribution in [0.3, 0.4) is 0 Å². The average molecular weight is 295 g/mol. The maximum Gasteiger partial charge on any atom is 0.387 e. The molecule has 2 rings (SSSR count). The van der Waals surface area contributed by atoms with E-state index in [1.165, 1.54) is 19.2 Å². The summed E-state index contributed by atoms with van der Waals surface area (Å²) in [5.74, 6) is 0.501. The summed E-state index contributed by atoms with van der Waals surface area (Å²) in [5.41, 5.74) is 1.24. The number of hydrogen-bond acceptors (Lipinski definition) is 4. The fourth-order valence-electron chi connectivity index (χ4n) is 1.85. The van der Waals surface area contributed by atoms with Crippen LogP contribution in [0, 0.1) is 0 Å². The van der Waals surface area contributed by atoms with Crippen LogP contribution >= 0.6 is 0 Å². The lowest BCUT2D eigenvalue weighted by Crippen LogP contribution is -2.03. The molecule has 0 saturated carbocycles. The molecule has 0 heterocycles. The minimum absolute atomic E-state index is 0.0486. The standard InChI is InChI=1S/C15H15F2NO3/c1-20-13-7-2-4-10(14(13)19)9-18-11-5-3-6-12(8-11)21-15(16)17/h2-8,15,18-19H,9H2,1H3. The third kappa shape index (κ3) is 3.98. The van der Waals surface area contributed by atoms with Gasteiger partial charge in [-0.05, 0) is 18.2 Å². The van der Waals surface area contributed by atoms with Gasteiger partial charge in [-0.1, -0.05) is 18.2 Å². The molecule has 0 radical (unpaired) electrons. The van der Waals surface area contributed by atoms with Crippen molar-refractivity contribution in [2.75, 3.05) is 12.4 Å². The Morgan fingerprint density at radius 2 is 1.95 bits per heavy atom. The lowest BCUT2D eigenvalue weighted by molar-refractivity contribution is -0.0498. The predicted octanol–water partition coefficient (Wildman–Crippen LogP) is 3.61. The van der Waals surface area contributed by atoms with Crippen LogP contribution in [0.1, 0.15) is 5.56 Å². The minimum atomic E-state index is -2.86. The summed E-state index contributed by atoms with van der Waals surface area (Å²) in [6.07, 6.45) is 0. The van der Waals surface area contributed by atoms with Crippen LogP contribution in [-0.4, -0.2) is 18.8 Å². The molecule has 21 heavy (non-hydrogen) atoms. The molecule has 0 aromatic heterocycles. The van der Waals surface area contributed by atoms with Crippen molar-refractivity contribution in [2.45, 2.75) is 13.2 Å². The highest BCUT2D eigenvalue weighted by molar-refractivity contribution is 5.51. The van der Waals surface area contributed by atoms with Crippen molar-refractivity contribution in [2.24, 2.45) is 0 Å². The molecule has 0 fully saturated rings. The summed E-state index contributed by atoms with van der Waals surface area (Å²) in [7, 11) is 1.47. The number of rotatable bonds is 6. The zero-order chi connectivity index (χ0) is 15.2. The molecule has 6 heteroatoms. The Balaban J connectivity index is 2.06. The largest absolute Gasteiger partial charge is 0.504 e. The molecule has 0 unspecified atom stereocenters. The van der Waals surface area contributed by atoms with Gasteiger partial charge in [0.05, 0.1) is 7.11 Å². The molecule has 0 spiro atoms. The number of nitrogens with one attached hydrogen (secondary N) is 1. The van der Waals surface area contributed by atoms with Crippen LogP contribution in [0.25, 0.3) is 0 Å². The number of phenolic OH excluding ortho intramolecular Hbond substituents is 1. The summed E-state index contributed by atoms with van der Waals surface area (Å²) in [5, 5.41) is 13.0. The Bertz CT molecular complexity index is 605. The second-order valence-electron chi connectivity index (χ2n) is 4.23. The van der Waals surface area contributed by atoms with E-state index in [-0.39, 0.29) is 11.5 Å². The van der Waals surface area contributed by atoms with Gasteiger partial charge >= 0.3 is 6.61 Å². The number of halogens is 2.